The van der Waals surface area contributed by atoms with Crippen LogP contribution in [0.5, 0.6) is 0 Å². The third-order valence-electron chi connectivity index (χ3n) is 3.01. The minimum atomic E-state index is 0.265. The van der Waals surface area contributed by atoms with Crippen LogP contribution in [-0.2, 0) is 14.3 Å². The van der Waals surface area contributed by atoms with Gasteiger partial charge in [-0.2, -0.15) is 0 Å². The third-order valence-corrected chi connectivity index (χ3v) is 3.01. The Morgan fingerprint density at radius 1 is 1.12 bits per heavy atom. The molecule has 0 aromatic heterocycles. The molecule has 0 radical (unpaired) electrons. The highest BCUT2D eigenvalue weighted by molar-refractivity contribution is 5.75. The highest BCUT2D eigenvalue weighted by Crippen LogP contribution is 2.03. The molecule has 0 spiro atoms. The predicted octanol–water partition coefficient (Wildman–Crippen LogP) is 0.204. The summed E-state index contributed by atoms with van der Waals surface area (Å²) in [5.41, 5.74) is 0. The van der Waals surface area contributed by atoms with Crippen LogP contribution in [0.1, 0.15) is 13.3 Å². The molecule has 0 unspecified atom stereocenters. The van der Waals surface area contributed by atoms with Gasteiger partial charge in [0, 0.05) is 46.3 Å². The van der Waals surface area contributed by atoms with Crippen molar-refractivity contribution in [3.05, 3.63) is 0 Å². The van der Waals surface area contributed by atoms with Gasteiger partial charge in [0.05, 0.1) is 19.8 Å². The summed E-state index contributed by atoms with van der Waals surface area (Å²) in [4.78, 5) is 15.8. The summed E-state index contributed by atoms with van der Waals surface area (Å²) in [6.45, 7) is 8.53. The fraction of sp³-hybridized carbons (Fsp3) is 0.917. The molecule has 1 fully saturated rings. The minimum Gasteiger partial charge on any atom is -0.382 e. The van der Waals surface area contributed by atoms with Gasteiger partial charge in [-0.25, -0.2) is 0 Å². The summed E-state index contributed by atoms with van der Waals surface area (Å²) >= 11 is 0. The van der Waals surface area contributed by atoms with E-state index in [1.807, 2.05) is 11.8 Å². The fourth-order valence-electron chi connectivity index (χ4n) is 1.88. The van der Waals surface area contributed by atoms with E-state index in [0.29, 0.717) is 19.6 Å². The van der Waals surface area contributed by atoms with E-state index in [0.717, 1.165) is 39.3 Å². The van der Waals surface area contributed by atoms with Gasteiger partial charge in [-0.15, -0.1) is 0 Å². The van der Waals surface area contributed by atoms with E-state index in [1.54, 1.807) is 7.11 Å². The van der Waals surface area contributed by atoms with Crippen LogP contribution in [0.25, 0.3) is 0 Å². The van der Waals surface area contributed by atoms with E-state index in [4.69, 9.17) is 9.47 Å². The van der Waals surface area contributed by atoms with Crippen LogP contribution in [0.15, 0.2) is 0 Å². The molecule has 5 heteroatoms. The first-order valence-corrected chi connectivity index (χ1v) is 6.34. The van der Waals surface area contributed by atoms with Crippen molar-refractivity contribution in [2.24, 2.45) is 0 Å². The molecule has 1 rings (SSSR count). The topological polar surface area (TPSA) is 42.0 Å². The van der Waals surface area contributed by atoms with Gasteiger partial charge in [0.25, 0.3) is 0 Å². The molecule has 0 aromatic rings. The van der Waals surface area contributed by atoms with E-state index in [2.05, 4.69) is 4.90 Å². The Morgan fingerprint density at radius 3 is 2.41 bits per heavy atom. The number of carbonyl (C=O) groups is 1. The van der Waals surface area contributed by atoms with Gasteiger partial charge in [0.2, 0.25) is 5.91 Å². The van der Waals surface area contributed by atoms with Crippen LogP contribution in [0.3, 0.4) is 0 Å². The van der Waals surface area contributed by atoms with Crippen LogP contribution in [0.4, 0.5) is 0 Å². The summed E-state index contributed by atoms with van der Waals surface area (Å²) in [6, 6.07) is 0. The van der Waals surface area contributed by atoms with Gasteiger partial charge in [-0.1, -0.05) is 6.92 Å². The molecule has 0 bridgehead atoms. The molecule has 1 aliphatic rings. The molecular formula is C12H24N2O3. The highest BCUT2D eigenvalue weighted by Gasteiger charge is 2.19. The van der Waals surface area contributed by atoms with Gasteiger partial charge in [-0.05, 0) is 0 Å². The summed E-state index contributed by atoms with van der Waals surface area (Å²) in [5.74, 6) is 0.265. The number of carbonyl (C=O) groups excluding carboxylic acids is 1. The molecule has 0 N–H and O–H groups in total. The zero-order valence-electron chi connectivity index (χ0n) is 11.0. The lowest BCUT2D eigenvalue weighted by Gasteiger charge is -2.34. The quantitative estimate of drug-likeness (QED) is 0.600. The van der Waals surface area contributed by atoms with Gasteiger partial charge >= 0.3 is 0 Å². The maximum absolute atomic E-state index is 11.5. The molecule has 0 aromatic carbocycles. The van der Waals surface area contributed by atoms with Gasteiger partial charge < -0.3 is 14.4 Å². The highest BCUT2D eigenvalue weighted by atomic mass is 16.5. The van der Waals surface area contributed by atoms with Crippen molar-refractivity contribution in [2.75, 3.05) is 59.7 Å². The van der Waals surface area contributed by atoms with E-state index in [9.17, 15) is 4.79 Å². The first-order valence-electron chi connectivity index (χ1n) is 6.34. The van der Waals surface area contributed by atoms with Crippen LogP contribution in [0, 0.1) is 0 Å². The van der Waals surface area contributed by atoms with Crippen LogP contribution < -0.4 is 0 Å². The maximum Gasteiger partial charge on any atom is 0.222 e. The minimum absolute atomic E-state index is 0.265. The number of ether oxygens (including phenoxy) is 2. The molecule has 5 nitrogen and oxygen atoms in total. The van der Waals surface area contributed by atoms with Crippen molar-refractivity contribution in [1.29, 1.82) is 0 Å². The van der Waals surface area contributed by atoms with Crippen molar-refractivity contribution < 1.29 is 14.3 Å². The maximum atomic E-state index is 11.5. The zero-order chi connectivity index (χ0) is 12.5. The molecule has 17 heavy (non-hydrogen) atoms. The van der Waals surface area contributed by atoms with Gasteiger partial charge in [0.15, 0.2) is 0 Å². The number of methoxy groups -OCH3 is 1. The predicted molar refractivity (Wildman–Crippen MR) is 66.0 cm³/mol. The van der Waals surface area contributed by atoms with Crippen molar-refractivity contribution in [2.45, 2.75) is 13.3 Å². The Labute approximate surface area is 104 Å². The molecule has 0 atom stereocenters. The van der Waals surface area contributed by atoms with E-state index >= 15 is 0 Å². The number of hydrogen-bond acceptors (Lipinski definition) is 4. The molecule has 1 amide bonds. The van der Waals surface area contributed by atoms with Crippen molar-refractivity contribution >= 4 is 5.91 Å². The molecule has 1 saturated heterocycles. The van der Waals surface area contributed by atoms with Gasteiger partial charge in [-0.3, -0.25) is 9.69 Å². The third kappa shape index (κ3) is 5.48. The van der Waals surface area contributed by atoms with E-state index in [1.165, 1.54) is 0 Å². The van der Waals surface area contributed by atoms with Crippen LogP contribution in [0.2, 0.25) is 0 Å². The average Bonchev–Trinajstić information content (AvgIpc) is 2.38. The molecule has 1 heterocycles. The monoisotopic (exact) mass is 244 g/mol. The van der Waals surface area contributed by atoms with Crippen LogP contribution >= 0.6 is 0 Å². The SMILES string of the molecule is CCC(=O)N1CCN(CCOCCOC)CC1. The summed E-state index contributed by atoms with van der Waals surface area (Å²) in [7, 11) is 1.67. The first-order chi connectivity index (χ1) is 8.27. The number of amides is 1. The number of hydrogen-bond donors (Lipinski definition) is 0. The smallest absolute Gasteiger partial charge is 0.222 e. The second-order valence-corrected chi connectivity index (χ2v) is 4.18. The number of rotatable bonds is 7. The molecule has 0 aliphatic carbocycles. The zero-order valence-corrected chi connectivity index (χ0v) is 11.0. The Morgan fingerprint density at radius 2 is 1.82 bits per heavy atom. The van der Waals surface area contributed by atoms with E-state index < -0.39 is 0 Å². The second kappa shape index (κ2) is 8.44. The molecular weight excluding hydrogens is 220 g/mol. The Bertz CT molecular complexity index is 216. The van der Waals surface area contributed by atoms with Crippen LogP contribution in [-0.4, -0.2) is 75.4 Å². The summed E-state index contributed by atoms with van der Waals surface area (Å²) in [5, 5.41) is 0. The second-order valence-electron chi connectivity index (χ2n) is 4.18. The normalized spacial score (nSPS) is 17.4. The lowest BCUT2D eigenvalue weighted by Crippen LogP contribution is -2.49. The van der Waals surface area contributed by atoms with E-state index in [-0.39, 0.29) is 5.91 Å². The van der Waals surface area contributed by atoms with Crippen molar-refractivity contribution in [3.63, 3.8) is 0 Å². The molecule has 100 valence electrons. The lowest BCUT2D eigenvalue weighted by atomic mass is 10.3. The molecule has 0 saturated carbocycles. The molecule has 1 aliphatic heterocycles. The standard InChI is InChI=1S/C12H24N2O3/c1-3-12(15)14-6-4-13(5-7-14)8-9-17-11-10-16-2/h3-11H2,1-2H3. The Kier molecular flexibility index (Phi) is 7.16. The van der Waals surface area contributed by atoms with Gasteiger partial charge in [0.1, 0.15) is 0 Å². The largest absolute Gasteiger partial charge is 0.382 e. The average molecular weight is 244 g/mol. The lowest BCUT2D eigenvalue weighted by molar-refractivity contribution is -0.132. The first kappa shape index (κ1) is 14.4. The Hall–Kier alpha value is -0.650. The van der Waals surface area contributed by atoms with Crippen molar-refractivity contribution in [3.8, 4) is 0 Å². The summed E-state index contributed by atoms with van der Waals surface area (Å²) < 4.78 is 10.3. The fourth-order valence-corrected chi connectivity index (χ4v) is 1.88. The number of nitrogens with zero attached hydrogens (tertiary/aromatic N) is 2. The van der Waals surface area contributed by atoms with Crippen molar-refractivity contribution in [1.82, 2.24) is 9.80 Å². The Balaban J connectivity index is 2.05. The number of piperazine rings is 1. The summed E-state index contributed by atoms with van der Waals surface area (Å²) in [6.07, 6.45) is 0.611.